The number of rotatable bonds is 12. The third kappa shape index (κ3) is 7.78. The Morgan fingerprint density at radius 1 is 0.952 bits per heavy atom. The average Bonchev–Trinajstić information content (AvgIpc) is 2.99. The van der Waals surface area contributed by atoms with Crippen LogP contribution in [0.3, 0.4) is 0 Å². The molecule has 0 aromatic heterocycles. The van der Waals surface area contributed by atoms with Gasteiger partial charge in [-0.2, -0.15) is 5.26 Å². The second-order valence-electron chi connectivity index (χ2n) is 10.2. The Balaban J connectivity index is 1.66. The molecule has 0 bridgehead atoms. The maximum absolute atomic E-state index is 12.5. The van der Waals surface area contributed by atoms with Gasteiger partial charge < -0.3 is 15.2 Å². The van der Waals surface area contributed by atoms with Crippen LogP contribution in [0.5, 0.6) is 5.75 Å². The molecule has 0 radical (unpaired) electrons. The molecule has 4 aromatic rings. The number of nitrogens with one attached hydrogen (secondary N) is 1. The maximum Gasteiger partial charge on any atom is 0.305 e. The number of benzene rings is 4. The molecule has 2 atom stereocenters. The topological polar surface area (TPSA) is 99.4 Å². The molecule has 214 valence electrons. The lowest BCUT2D eigenvalue weighted by molar-refractivity contribution is -0.136. The summed E-state index contributed by atoms with van der Waals surface area (Å²) in [7, 11) is 0. The number of carboxylic acids is 1. The molecule has 0 saturated carbocycles. The van der Waals surface area contributed by atoms with Crippen molar-refractivity contribution in [3.8, 4) is 22.9 Å². The molecule has 0 aliphatic rings. The van der Waals surface area contributed by atoms with Gasteiger partial charge in [-0.05, 0) is 78.1 Å². The fourth-order valence-electron chi connectivity index (χ4n) is 4.93. The van der Waals surface area contributed by atoms with E-state index in [9.17, 15) is 14.9 Å². The van der Waals surface area contributed by atoms with E-state index < -0.39 is 12.1 Å². The van der Waals surface area contributed by atoms with E-state index in [0.29, 0.717) is 21.9 Å². The normalized spacial score (nSPS) is 12.1. The van der Waals surface area contributed by atoms with E-state index in [0.717, 1.165) is 40.7 Å². The first-order valence-corrected chi connectivity index (χ1v) is 14.3. The number of halogens is 1. The van der Waals surface area contributed by atoms with Crippen molar-refractivity contribution in [1.82, 2.24) is 5.32 Å². The maximum atomic E-state index is 12.5. The highest BCUT2D eigenvalue weighted by molar-refractivity contribution is 6.30. The van der Waals surface area contributed by atoms with Crippen molar-refractivity contribution >= 4 is 23.5 Å². The zero-order valence-electron chi connectivity index (χ0n) is 23.6. The van der Waals surface area contributed by atoms with E-state index in [4.69, 9.17) is 21.4 Å². The number of amides is 1. The van der Waals surface area contributed by atoms with Crippen LogP contribution in [-0.2, 0) is 4.79 Å². The fourth-order valence-corrected chi connectivity index (χ4v) is 5.05. The van der Waals surface area contributed by atoms with Crippen molar-refractivity contribution in [2.24, 2.45) is 0 Å². The molecule has 0 aliphatic carbocycles. The summed E-state index contributed by atoms with van der Waals surface area (Å²) in [5.41, 5.74) is 5.87. The number of carbonyl (C=O) groups excluding carboxylic acids is 1. The van der Waals surface area contributed by atoms with E-state index in [2.05, 4.69) is 18.3 Å². The van der Waals surface area contributed by atoms with Gasteiger partial charge >= 0.3 is 5.97 Å². The van der Waals surface area contributed by atoms with E-state index in [1.807, 2.05) is 79.7 Å². The Labute approximate surface area is 251 Å². The lowest BCUT2D eigenvalue weighted by Gasteiger charge is -2.29. The number of hydrogen-bond donors (Lipinski definition) is 2. The first-order valence-electron chi connectivity index (χ1n) is 13.9. The van der Waals surface area contributed by atoms with Gasteiger partial charge in [-0.15, -0.1) is 0 Å². The molecule has 2 unspecified atom stereocenters. The molecular formula is C35H33ClN2O4. The van der Waals surface area contributed by atoms with Crippen molar-refractivity contribution in [3.05, 3.63) is 124 Å². The van der Waals surface area contributed by atoms with Gasteiger partial charge in [0.25, 0.3) is 5.91 Å². The van der Waals surface area contributed by atoms with Crippen molar-refractivity contribution in [3.63, 3.8) is 0 Å². The van der Waals surface area contributed by atoms with Crippen LogP contribution in [-0.4, -0.2) is 23.5 Å². The van der Waals surface area contributed by atoms with Gasteiger partial charge in [-0.25, -0.2) is 0 Å². The summed E-state index contributed by atoms with van der Waals surface area (Å²) in [5.74, 6) is -0.772. The predicted octanol–water partition coefficient (Wildman–Crippen LogP) is 8.10. The lowest BCUT2D eigenvalue weighted by atomic mass is 9.85. The van der Waals surface area contributed by atoms with Crippen LogP contribution in [0.2, 0.25) is 5.02 Å². The molecular weight excluding hydrogens is 548 g/mol. The number of nitrogens with zero attached hydrogens (tertiary/aromatic N) is 1. The third-order valence-corrected chi connectivity index (χ3v) is 7.38. The fraction of sp³-hybridized carbons (Fsp3) is 0.229. The van der Waals surface area contributed by atoms with Crippen LogP contribution in [0, 0.1) is 18.3 Å². The molecule has 0 aliphatic heterocycles. The molecule has 6 nitrogen and oxygen atoms in total. The number of aliphatic carboxylic acids is 1. The standard InChI is InChI=1S/C35H33ClN2O4/c1-3-4-32(25-9-11-27(12-10-25)35(41)38-20-19-33(39)40)34(26-13-15-29(36)16-14-26)42-30-17-18-31(28(21-30)22-37)24-7-5-23(2)6-8-24/h5-18,21,32,34H,3-4,19-20H2,1-2H3,(H,38,41)(H,39,40). The van der Waals surface area contributed by atoms with Crippen LogP contribution in [0.1, 0.15) is 70.8 Å². The van der Waals surface area contributed by atoms with E-state index in [1.54, 1.807) is 18.2 Å². The Morgan fingerprint density at radius 2 is 1.62 bits per heavy atom. The Hall–Kier alpha value is -4.60. The first-order chi connectivity index (χ1) is 20.3. The van der Waals surface area contributed by atoms with Gasteiger partial charge in [0.05, 0.1) is 18.1 Å². The summed E-state index contributed by atoms with van der Waals surface area (Å²) in [6, 6.07) is 30.9. The van der Waals surface area contributed by atoms with Gasteiger partial charge in [0.15, 0.2) is 0 Å². The third-order valence-electron chi connectivity index (χ3n) is 7.13. The Morgan fingerprint density at radius 3 is 2.24 bits per heavy atom. The monoisotopic (exact) mass is 580 g/mol. The Kier molecular flexibility index (Phi) is 10.4. The molecule has 7 heteroatoms. The second-order valence-corrected chi connectivity index (χ2v) is 10.6. The summed E-state index contributed by atoms with van der Waals surface area (Å²) >= 11 is 6.21. The number of carboxylic acid groups (broad SMARTS) is 1. The molecule has 0 saturated heterocycles. The Bertz CT molecular complexity index is 1560. The largest absolute Gasteiger partial charge is 0.485 e. The molecule has 0 spiro atoms. The lowest BCUT2D eigenvalue weighted by Crippen LogP contribution is -2.26. The summed E-state index contributed by atoms with van der Waals surface area (Å²) in [6.07, 6.45) is 1.17. The van der Waals surface area contributed by atoms with E-state index >= 15 is 0 Å². The summed E-state index contributed by atoms with van der Waals surface area (Å²) in [4.78, 5) is 23.3. The van der Waals surface area contributed by atoms with Crippen molar-refractivity contribution < 1.29 is 19.4 Å². The van der Waals surface area contributed by atoms with Crippen molar-refractivity contribution in [1.29, 1.82) is 5.26 Å². The molecule has 0 fully saturated rings. The minimum atomic E-state index is -0.965. The summed E-state index contributed by atoms with van der Waals surface area (Å²) in [5, 5.41) is 22.1. The van der Waals surface area contributed by atoms with Gasteiger partial charge in [-0.1, -0.05) is 79.0 Å². The smallest absolute Gasteiger partial charge is 0.305 e. The molecule has 0 heterocycles. The van der Waals surface area contributed by atoms with E-state index in [-0.39, 0.29) is 24.8 Å². The molecule has 4 aromatic carbocycles. The number of nitriles is 1. The van der Waals surface area contributed by atoms with Gasteiger partial charge in [0.2, 0.25) is 0 Å². The SMILES string of the molecule is CCCC(c1ccc(C(=O)NCCC(=O)O)cc1)C(Oc1ccc(-c2ccc(C)cc2)c(C#N)c1)c1ccc(Cl)cc1. The zero-order chi connectivity index (χ0) is 30.1. The van der Waals surface area contributed by atoms with Gasteiger partial charge in [0.1, 0.15) is 11.9 Å². The van der Waals surface area contributed by atoms with Gasteiger partial charge in [0, 0.05) is 23.0 Å². The number of carbonyl (C=O) groups is 2. The molecule has 42 heavy (non-hydrogen) atoms. The summed E-state index contributed by atoms with van der Waals surface area (Å²) < 4.78 is 6.69. The van der Waals surface area contributed by atoms with Crippen molar-refractivity contribution in [2.45, 2.75) is 45.1 Å². The predicted molar refractivity (Wildman–Crippen MR) is 165 cm³/mol. The second kappa shape index (κ2) is 14.3. The van der Waals surface area contributed by atoms with Crippen LogP contribution in [0.25, 0.3) is 11.1 Å². The number of ether oxygens (including phenoxy) is 1. The van der Waals surface area contributed by atoms with Crippen LogP contribution >= 0.6 is 11.6 Å². The highest BCUT2D eigenvalue weighted by Crippen LogP contribution is 2.40. The molecule has 4 rings (SSSR count). The van der Waals surface area contributed by atoms with Crippen LogP contribution < -0.4 is 10.1 Å². The minimum Gasteiger partial charge on any atom is -0.485 e. The number of hydrogen-bond acceptors (Lipinski definition) is 4. The van der Waals surface area contributed by atoms with Gasteiger partial charge in [-0.3, -0.25) is 9.59 Å². The number of aryl methyl sites for hydroxylation is 1. The highest BCUT2D eigenvalue weighted by Gasteiger charge is 2.27. The first kappa shape index (κ1) is 30.4. The molecule has 1 amide bonds. The average molecular weight is 581 g/mol. The van der Waals surface area contributed by atoms with Crippen LogP contribution in [0.4, 0.5) is 0 Å². The van der Waals surface area contributed by atoms with E-state index in [1.165, 1.54) is 0 Å². The highest BCUT2D eigenvalue weighted by atomic mass is 35.5. The quantitative estimate of drug-likeness (QED) is 0.176. The van der Waals surface area contributed by atoms with Crippen LogP contribution in [0.15, 0.2) is 91.0 Å². The zero-order valence-corrected chi connectivity index (χ0v) is 24.4. The summed E-state index contributed by atoms with van der Waals surface area (Å²) in [6.45, 7) is 4.20. The minimum absolute atomic E-state index is 0.0637. The molecule has 2 N–H and O–H groups in total. The van der Waals surface area contributed by atoms with Crippen molar-refractivity contribution in [2.75, 3.05) is 6.54 Å².